The maximum atomic E-state index is 13.7. The second-order valence-electron chi connectivity index (χ2n) is 7.14. The SMILES string of the molecule is O=C(O)C(F)(F)F.O=C(c1ccnnc1)N1CC[C@]2(C[C@@H](Oc3ncccc3F)CO2)C1. The topological polar surface area (TPSA) is 115 Å². The minimum Gasteiger partial charge on any atom is -0.475 e. The summed E-state index contributed by atoms with van der Waals surface area (Å²) in [5.41, 5.74) is 0.0693. The number of amides is 1. The lowest BCUT2D eigenvalue weighted by Gasteiger charge is -2.23. The number of ether oxygens (including phenoxy) is 2. The molecule has 9 nitrogen and oxygen atoms in total. The summed E-state index contributed by atoms with van der Waals surface area (Å²) in [6, 6.07) is 4.47. The summed E-state index contributed by atoms with van der Waals surface area (Å²) in [7, 11) is 0. The fourth-order valence-corrected chi connectivity index (χ4v) is 3.40. The number of halogens is 4. The van der Waals surface area contributed by atoms with Crippen molar-refractivity contribution in [1.82, 2.24) is 20.1 Å². The molecule has 2 aromatic heterocycles. The first-order valence-corrected chi connectivity index (χ1v) is 9.37. The molecule has 2 fully saturated rings. The van der Waals surface area contributed by atoms with Crippen LogP contribution in [0.15, 0.2) is 36.8 Å². The summed E-state index contributed by atoms with van der Waals surface area (Å²) in [6.45, 7) is 1.44. The Hall–Kier alpha value is -3.35. The van der Waals surface area contributed by atoms with Gasteiger partial charge in [-0.15, -0.1) is 0 Å². The summed E-state index contributed by atoms with van der Waals surface area (Å²) < 4.78 is 57.0. The molecule has 0 aromatic carbocycles. The molecule has 2 aromatic rings. The highest BCUT2D eigenvalue weighted by Gasteiger charge is 2.48. The largest absolute Gasteiger partial charge is 0.490 e. The normalized spacial score (nSPS) is 22.4. The van der Waals surface area contributed by atoms with Crippen molar-refractivity contribution in [2.45, 2.75) is 30.7 Å². The Morgan fingerprint density at radius 2 is 2.00 bits per heavy atom. The zero-order valence-electron chi connectivity index (χ0n) is 16.5. The molecule has 4 rings (SSSR count). The van der Waals surface area contributed by atoms with Crippen molar-refractivity contribution >= 4 is 11.9 Å². The van der Waals surface area contributed by atoms with Gasteiger partial charge in [-0.05, 0) is 24.6 Å². The Labute approximate surface area is 179 Å². The fourth-order valence-electron chi connectivity index (χ4n) is 3.40. The van der Waals surface area contributed by atoms with Crippen LogP contribution in [0.1, 0.15) is 23.2 Å². The third kappa shape index (κ3) is 5.66. The number of carboxylic acid groups (broad SMARTS) is 1. The average molecular weight is 458 g/mol. The average Bonchev–Trinajstić information content (AvgIpc) is 3.36. The van der Waals surface area contributed by atoms with E-state index in [1.165, 1.54) is 30.7 Å². The van der Waals surface area contributed by atoms with Crippen LogP contribution in [0.2, 0.25) is 0 Å². The third-order valence-electron chi connectivity index (χ3n) is 4.86. The van der Waals surface area contributed by atoms with Crippen LogP contribution in [0, 0.1) is 5.82 Å². The van der Waals surface area contributed by atoms with Crippen LogP contribution < -0.4 is 4.74 Å². The number of carbonyl (C=O) groups is 2. The van der Waals surface area contributed by atoms with Crippen molar-refractivity contribution in [3.63, 3.8) is 0 Å². The number of hydrogen-bond donors (Lipinski definition) is 1. The van der Waals surface area contributed by atoms with Crippen molar-refractivity contribution in [3.8, 4) is 5.88 Å². The van der Waals surface area contributed by atoms with Crippen molar-refractivity contribution in [2.75, 3.05) is 19.7 Å². The van der Waals surface area contributed by atoms with E-state index in [0.717, 1.165) is 6.42 Å². The van der Waals surface area contributed by atoms with Gasteiger partial charge < -0.3 is 19.5 Å². The Balaban J connectivity index is 0.000000360. The predicted octanol–water partition coefficient (Wildman–Crippen LogP) is 2.10. The summed E-state index contributed by atoms with van der Waals surface area (Å²) >= 11 is 0. The van der Waals surface area contributed by atoms with Crippen LogP contribution in [-0.4, -0.2) is 74.6 Å². The highest BCUT2D eigenvalue weighted by atomic mass is 19.4. The zero-order valence-corrected chi connectivity index (χ0v) is 16.5. The number of carbonyl (C=O) groups excluding carboxylic acids is 1. The number of carboxylic acids is 1. The van der Waals surface area contributed by atoms with Crippen LogP contribution in [0.4, 0.5) is 17.6 Å². The van der Waals surface area contributed by atoms with E-state index in [9.17, 15) is 22.4 Å². The number of alkyl halides is 3. The molecular formula is C19H18F4N4O5. The lowest BCUT2D eigenvalue weighted by atomic mass is 9.98. The van der Waals surface area contributed by atoms with Crippen molar-refractivity contribution in [3.05, 3.63) is 48.2 Å². The highest BCUT2D eigenvalue weighted by Crippen LogP contribution is 2.37. The molecule has 2 aliphatic heterocycles. The molecule has 4 heterocycles. The molecule has 172 valence electrons. The molecule has 1 spiro atoms. The first-order valence-electron chi connectivity index (χ1n) is 9.37. The molecule has 0 radical (unpaired) electrons. The smallest absolute Gasteiger partial charge is 0.475 e. The van der Waals surface area contributed by atoms with Gasteiger partial charge in [0, 0.05) is 19.2 Å². The number of aromatic nitrogens is 3. The maximum absolute atomic E-state index is 13.7. The molecule has 2 atom stereocenters. The molecule has 1 amide bonds. The van der Waals surface area contributed by atoms with E-state index in [2.05, 4.69) is 15.2 Å². The van der Waals surface area contributed by atoms with Gasteiger partial charge in [-0.2, -0.15) is 23.4 Å². The lowest BCUT2D eigenvalue weighted by Crippen LogP contribution is -2.36. The molecule has 32 heavy (non-hydrogen) atoms. The van der Waals surface area contributed by atoms with Gasteiger partial charge in [-0.3, -0.25) is 4.79 Å². The molecular weight excluding hydrogens is 440 g/mol. The molecule has 0 saturated carbocycles. The number of likely N-dealkylation sites (tertiary alicyclic amines) is 1. The maximum Gasteiger partial charge on any atom is 0.490 e. The van der Waals surface area contributed by atoms with E-state index in [4.69, 9.17) is 19.4 Å². The van der Waals surface area contributed by atoms with Crippen molar-refractivity contribution < 1.29 is 41.7 Å². The molecule has 0 unspecified atom stereocenters. The van der Waals surface area contributed by atoms with Crippen LogP contribution in [-0.2, 0) is 9.53 Å². The summed E-state index contributed by atoms with van der Waals surface area (Å²) in [4.78, 5) is 27.1. The summed E-state index contributed by atoms with van der Waals surface area (Å²) in [6.07, 6.45) is 0.406. The van der Waals surface area contributed by atoms with Gasteiger partial charge >= 0.3 is 12.1 Å². The van der Waals surface area contributed by atoms with Gasteiger partial charge in [0.15, 0.2) is 5.82 Å². The Bertz CT molecular complexity index is 962. The molecule has 1 N–H and O–H groups in total. The summed E-state index contributed by atoms with van der Waals surface area (Å²) in [5.74, 6) is -3.35. The number of nitrogens with zero attached hydrogens (tertiary/aromatic N) is 4. The predicted molar refractivity (Wildman–Crippen MR) is 98.2 cm³/mol. The van der Waals surface area contributed by atoms with E-state index in [0.29, 0.717) is 31.7 Å². The minimum absolute atomic E-state index is 0.0121. The fraction of sp³-hybridized carbons (Fsp3) is 0.421. The van der Waals surface area contributed by atoms with Gasteiger partial charge in [0.25, 0.3) is 11.8 Å². The monoisotopic (exact) mass is 458 g/mol. The van der Waals surface area contributed by atoms with E-state index in [-0.39, 0.29) is 17.9 Å². The number of hydrogen-bond acceptors (Lipinski definition) is 7. The first-order chi connectivity index (χ1) is 15.1. The minimum atomic E-state index is -5.08. The van der Waals surface area contributed by atoms with Crippen LogP contribution >= 0.6 is 0 Å². The van der Waals surface area contributed by atoms with Gasteiger partial charge in [0.1, 0.15) is 6.10 Å². The number of pyridine rings is 1. The van der Waals surface area contributed by atoms with Crippen LogP contribution in [0.3, 0.4) is 0 Å². The van der Waals surface area contributed by atoms with E-state index in [1.807, 2.05) is 0 Å². The van der Waals surface area contributed by atoms with E-state index in [1.54, 1.807) is 11.0 Å². The Kier molecular flexibility index (Phi) is 6.87. The van der Waals surface area contributed by atoms with Crippen molar-refractivity contribution in [2.24, 2.45) is 0 Å². The van der Waals surface area contributed by atoms with Gasteiger partial charge in [0.05, 0.1) is 36.7 Å². The third-order valence-corrected chi connectivity index (χ3v) is 4.86. The standard InChI is InChI=1S/C17H17FN4O3.C2HF3O2/c18-14-2-1-5-19-15(14)25-13-8-17(24-10-13)4-7-22(11-17)16(23)12-3-6-20-21-9-12;3-2(4,5)1(6)7/h1-3,5-6,9,13H,4,7-8,10-11H2;(H,6,7)/t13-,17+;/m1./s1. The Morgan fingerprint density at radius 3 is 2.62 bits per heavy atom. The number of rotatable bonds is 3. The van der Waals surface area contributed by atoms with Gasteiger partial charge in [0.2, 0.25) is 0 Å². The second-order valence-corrected chi connectivity index (χ2v) is 7.14. The molecule has 13 heteroatoms. The molecule has 2 saturated heterocycles. The summed E-state index contributed by atoms with van der Waals surface area (Å²) in [5, 5.41) is 14.6. The van der Waals surface area contributed by atoms with Gasteiger partial charge in [-0.1, -0.05) is 0 Å². The van der Waals surface area contributed by atoms with Crippen molar-refractivity contribution in [1.29, 1.82) is 0 Å². The second kappa shape index (κ2) is 9.42. The van der Waals surface area contributed by atoms with E-state index < -0.39 is 23.6 Å². The van der Waals surface area contributed by atoms with Crippen LogP contribution in [0.25, 0.3) is 0 Å². The zero-order chi connectivity index (χ0) is 23.4. The molecule has 0 bridgehead atoms. The number of aliphatic carboxylic acids is 1. The van der Waals surface area contributed by atoms with Gasteiger partial charge in [-0.25, -0.2) is 14.2 Å². The Morgan fingerprint density at radius 1 is 1.25 bits per heavy atom. The molecule has 0 aliphatic carbocycles. The first kappa shape index (κ1) is 23.3. The quantitative estimate of drug-likeness (QED) is 0.696. The highest BCUT2D eigenvalue weighted by molar-refractivity contribution is 5.94. The molecule has 2 aliphatic rings. The van der Waals surface area contributed by atoms with E-state index >= 15 is 0 Å². The van der Waals surface area contributed by atoms with Crippen LogP contribution in [0.5, 0.6) is 5.88 Å². The lowest BCUT2D eigenvalue weighted by molar-refractivity contribution is -0.192.